The van der Waals surface area contributed by atoms with Gasteiger partial charge in [-0.1, -0.05) is 24.6 Å². The molecule has 0 spiro atoms. The summed E-state index contributed by atoms with van der Waals surface area (Å²) in [5.74, 6) is 2.60. The first-order chi connectivity index (χ1) is 8.84. The summed E-state index contributed by atoms with van der Waals surface area (Å²) in [5, 5.41) is 0.431. The number of fused-ring (bicyclic) bond motifs is 1. The van der Waals surface area contributed by atoms with Crippen LogP contribution < -0.4 is 4.74 Å². The molecule has 2 aliphatic rings. The minimum absolute atomic E-state index is 0.431. The summed E-state index contributed by atoms with van der Waals surface area (Å²) in [6.07, 6.45) is 7.57. The van der Waals surface area contributed by atoms with Gasteiger partial charge in [0.1, 0.15) is 5.75 Å². The van der Waals surface area contributed by atoms with Gasteiger partial charge in [0.25, 0.3) is 0 Å². The second kappa shape index (κ2) is 5.52. The predicted octanol–water partition coefficient (Wildman–Crippen LogP) is 4.74. The number of ether oxygens (including phenoxy) is 1. The second-order valence-corrected chi connectivity index (χ2v) is 6.22. The van der Waals surface area contributed by atoms with E-state index in [4.69, 9.17) is 16.3 Å². The molecule has 1 aromatic carbocycles. The van der Waals surface area contributed by atoms with Crippen LogP contribution in [0, 0.1) is 5.92 Å². The van der Waals surface area contributed by atoms with Crippen molar-refractivity contribution in [3.8, 4) is 5.75 Å². The van der Waals surface area contributed by atoms with Crippen LogP contribution in [0.5, 0.6) is 5.75 Å². The summed E-state index contributed by atoms with van der Waals surface area (Å²) in [4.78, 5) is 0. The van der Waals surface area contributed by atoms with Gasteiger partial charge < -0.3 is 4.74 Å². The van der Waals surface area contributed by atoms with Gasteiger partial charge in [-0.05, 0) is 55.6 Å². The van der Waals surface area contributed by atoms with Crippen LogP contribution >= 0.6 is 11.6 Å². The van der Waals surface area contributed by atoms with E-state index in [1.165, 1.54) is 37.7 Å². The van der Waals surface area contributed by atoms with Crippen LogP contribution in [0.15, 0.2) is 24.3 Å². The molecule has 0 saturated heterocycles. The van der Waals surface area contributed by atoms with Crippen molar-refractivity contribution in [1.29, 1.82) is 0 Å². The van der Waals surface area contributed by atoms with Crippen molar-refractivity contribution in [2.24, 2.45) is 5.92 Å². The third-order valence-corrected chi connectivity index (χ3v) is 4.82. The summed E-state index contributed by atoms with van der Waals surface area (Å²) in [6, 6.07) is 8.49. The number of hydrogen-bond acceptors (Lipinski definition) is 1. The highest BCUT2D eigenvalue weighted by Crippen LogP contribution is 2.40. The average Bonchev–Trinajstić information content (AvgIpc) is 3.23. The third-order valence-electron chi connectivity index (χ3n) is 4.25. The van der Waals surface area contributed by atoms with Gasteiger partial charge in [0.15, 0.2) is 0 Å². The zero-order valence-corrected chi connectivity index (χ0v) is 11.5. The van der Waals surface area contributed by atoms with Crippen molar-refractivity contribution in [3.63, 3.8) is 0 Å². The number of benzene rings is 1. The van der Waals surface area contributed by atoms with E-state index in [1.54, 1.807) is 0 Å². The Morgan fingerprint density at radius 1 is 1.22 bits per heavy atom. The molecule has 18 heavy (non-hydrogen) atoms. The molecule has 2 unspecified atom stereocenters. The summed E-state index contributed by atoms with van der Waals surface area (Å²) in [7, 11) is 0. The fraction of sp³-hybridized carbons (Fsp3) is 0.625. The predicted molar refractivity (Wildman–Crippen MR) is 75.5 cm³/mol. The van der Waals surface area contributed by atoms with Gasteiger partial charge in [0.2, 0.25) is 0 Å². The first kappa shape index (κ1) is 12.3. The summed E-state index contributed by atoms with van der Waals surface area (Å²) in [5.41, 5.74) is 1.40. The van der Waals surface area contributed by atoms with E-state index >= 15 is 0 Å². The number of hydrogen-bond donors (Lipinski definition) is 0. The molecular weight excluding hydrogens is 244 g/mol. The Bertz CT molecular complexity index is 400. The Kier molecular flexibility index (Phi) is 3.79. The standard InChI is InChI=1S/C16H21ClO/c17-15(13-8-9-13)6-3-4-12-10-11-18-16-7-2-1-5-14(12)16/h1-2,5,7,12-13,15H,3-4,6,8-11H2. The first-order valence-electron chi connectivity index (χ1n) is 7.20. The lowest BCUT2D eigenvalue weighted by atomic mass is 9.88. The zero-order chi connectivity index (χ0) is 12.4. The van der Waals surface area contributed by atoms with Crippen LogP contribution in [-0.2, 0) is 0 Å². The Morgan fingerprint density at radius 3 is 2.89 bits per heavy atom. The van der Waals surface area contributed by atoms with E-state index in [1.807, 2.05) is 0 Å². The van der Waals surface area contributed by atoms with Gasteiger partial charge in [0.05, 0.1) is 6.61 Å². The van der Waals surface area contributed by atoms with Crippen LogP contribution in [-0.4, -0.2) is 12.0 Å². The summed E-state index contributed by atoms with van der Waals surface area (Å²) in [6.45, 7) is 0.870. The lowest BCUT2D eigenvalue weighted by Crippen LogP contribution is -2.14. The van der Waals surface area contributed by atoms with Crippen molar-refractivity contribution in [2.75, 3.05) is 6.61 Å². The van der Waals surface area contributed by atoms with E-state index in [-0.39, 0.29) is 0 Å². The quantitative estimate of drug-likeness (QED) is 0.698. The van der Waals surface area contributed by atoms with Crippen molar-refractivity contribution in [3.05, 3.63) is 29.8 Å². The van der Waals surface area contributed by atoms with Crippen molar-refractivity contribution < 1.29 is 4.74 Å². The number of alkyl halides is 1. The average molecular weight is 265 g/mol. The lowest BCUT2D eigenvalue weighted by Gasteiger charge is -2.26. The fourth-order valence-corrected chi connectivity index (χ4v) is 3.37. The molecule has 2 heteroatoms. The van der Waals surface area contributed by atoms with Crippen molar-refractivity contribution in [1.82, 2.24) is 0 Å². The zero-order valence-electron chi connectivity index (χ0n) is 10.8. The molecular formula is C16H21ClO. The van der Waals surface area contributed by atoms with E-state index < -0.39 is 0 Å². The maximum Gasteiger partial charge on any atom is 0.122 e. The van der Waals surface area contributed by atoms with Crippen molar-refractivity contribution in [2.45, 2.75) is 49.8 Å². The van der Waals surface area contributed by atoms with Gasteiger partial charge >= 0.3 is 0 Å². The SMILES string of the molecule is ClC(CCCC1CCOc2ccccc21)C1CC1. The molecule has 1 aliphatic heterocycles. The van der Waals surface area contributed by atoms with Crippen LogP contribution in [0.3, 0.4) is 0 Å². The normalized spacial score (nSPS) is 24.2. The van der Waals surface area contributed by atoms with Crippen LogP contribution in [0.25, 0.3) is 0 Å². The first-order valence-corrected chi connectivity index (χ1v) is 7.64. The van der Waals surface area contributed by atoms with Gasteiger partial charge in [-0.25, -0.2) is 0 Å². The molecule has 2 atom stereocenters. The number of rotatable bonds is 5. The molecule has 1 aliphatic carbocycles. The minimum atomic E-state index is 0.431. The molecule has 0 bridgehead atoms. The van der Waals surface area contributed by atoms with Gasteiger partial charge in [0, 0.05) is 5.38 Å². The van der Waals surface area contributed by atoms with Gasteiger partial charge in [-0.15, -0.1) is 11.6 Å². The molecule has 1 aromatic rings. The molecule has 0 N–H and O–H groups in total. The summed E-state index contributed by atoms with van der Waals surface area (Å²) >= 11 is 6.37. The highest BCUT2D eigenvalue weighted by atomic mass is 35.5. The highest BCUT2D eigenvalue weighted by Gasteiger charge is 2.29. The van der Waals surface area contributed by atoms with Crippen LogP contribution in [0.4, 0.5) is 0 Å². The largest absolute Gasteiger partial charge is 0.493 e. The lowest BCUT2D eigenvalue weighted by molar-refractivity contribution is 0.261. The highest BCUT2D eigenvalue weighted by molar-refractivity contribution is 6.20. The Hall–Kier alpha value is -0.690. The van der Waals surface area contributed by atoms with E-state index in [2.05, 4.69) is 24.3 Å². The van der Waals surface area contributed by atoms with Crippen molar-refractivity contribution >= 4 is 11.6 Å². The topological polar surface area (TPSA) is 9.23 Å². The molecule has 1 heterocycles. The van der Waals surface area contributed by atoms with Crippen LogP contribution in [0.1, 0.15) is 50.0 Å². The van der Waals surface area contributed by atoms with Gasteiger partial charge in [-0.3, -0.25) is 0 Å². The molecule has 3 rings (SSSR count). The smallest absolute Gasteiger partial charge is 0.122 e. The van der Waals surface area contributed by atoms with Crippen LogP contribution in [0.2, 0.25) is 0 Å². The Labute approximate surface area is 114 Å². The second-order valence-electron chi connectivity index (χ2n) is 5.66. The summed E-state index contributed by atoms with van der Waals surface area (Å²) < 4.78 is 5.70. The molecule has 98 valence electrons. The van der Waals surface area contributed by atoms with E-state index in [0.29, 0.717) is 11.3 Å². The molecule has 0 radical (unpaired) electrons. The molecule has 1 nitrogen and oxygen atoms in total. The van der Waals surface area contributed by atoms with E-state index in [9.17, 15) is 0 Å². The molecule has 1 saturated carbocycles. The molecule has 0 amide bonds. The molecule has 1 fully saturated rings. The third kappa shape index (κ3) is 2.83. The number of halogens is 1. The monoisotopic (exact) mass is 264 g/mol. The number of para-hydroxylation sites is 1. The maximum absolute atomic E-state index is 6.37. The fourth-order valence-electron chi connectivity index (χ4n) is 2.97. The maximum atomic E-state index is 6.37. The minimum Gasteiger partial charge on any atom is -0.493 e. The van der Waals surface area contributed by atoms with E-state index in [0.717, 1.165) is 24.7 Å². The van der Waals surface area contributed by atoms with Gasteiger partial charge in [-0.2, -0.15) is 0 Å². The molecule has 0 aromatic heterocycles. The Balaban J connectivity index is 1.53. The Morgan fingerprint density at radius 2 is 2.06 bits per heavy atom.